The van der Waals surface area contributed by atoms with Gasteiger partial charge < -0.3 is 14.8 Å². The van der Waals surface area contributed by atoms with Gasteiger partial charge in [-0.05, 0) is 48.7 Å². The first-order valence-corrected chi connectivity index (χ1v) is 9.09. The van der Waals surface area contributed by atoms with Crippen LogP contribution in [0.1, 0.15) is 28.8 Å². The lowest BCUT2D eigenvalue weighted by atomic mass is 10.1. The molecule has 0 bridgehead atoms. The number of carbonyl (C=O) groups is 1. The van der Waals surface area contributed by atoms with Crippen LogP contribution < -0.4 is 10.1 Å². The number of nitrogens with zero attached hydrogens (tertiary/aromatic N) is 3. The summed E-state index contributed by atoms with van der Waals surface area (Å²) in [6.45, 7) is 1.93. The van der Waals surface area contributed by atoms with E-state index in [4.69, 9.17) is 9.47 Å². The van der Waals surface area contributed by atoms with Gasteiger partial charge in [0.15, 0.2) is 0 Å². The van der Waals surface area contributed by atoms with Crippen LogP contribution in [0.4, 0.5) is 0 Å². The Morgan fingerprint density at radius 2 is 2.15 bits per heavy atom. The van der Waals surface area contributed by atoms with Gasteiger partial charge in [-0.25, -0.2) is 4.68 Å². The van der Waals surface area contributed by atoms with Crippen molar-refractivity contribution in [3.63, 3.8) is 0 Å². The Bertz CT molecular complexity index is 930. The Hall–Kier alpha value is -2.93. The molecule has 0 saturated carbocycles. The largest absolute Gasteiger partial charge is 0.497 e. The van der Waals surface area contributed by atoms with E-state index in [9.17, 15) is 4.79 Å². The minimum Gasteiger partial charge on any atom is -0.497 e. The van der Waals surface area contributed by atoms with E-state index in [0.29, 0.717) is 24.2 Å². The van der Waals surface area contributed by atoms with Gasteiger partial charge in [0.05, 0.1) is 25.3 Å². The molecule has 140 valence electrons. The molecular weight excluding hydrogens is 344 g/mol. The molecule has 1 atom stereocenters. The molecule has 1 aliphatic rings. The van der Waals surface area contributed by atoms with E-state index in [1.807, 2.05) is 35.0 Å². The number of fused-ring (bicyclic) bond motifs is 1. The average molecular weight is 366 g/mol. The van der Waals surface area contributed by atoms with Crippen molar-refractivity contribution in [3.8, 4) is 5.75 Å². The van der Waals surface area contributed by atoms with Gasteiger partial charge in [0.2, 0.25) is 0 Å². The molecule has 1 N–H and O–H groups in total. The number of hydrogen-bond acceptors (Lipinski definition) is 5. The van der Waals surface area contributed by atoms with Gasteiger partial charge in [0.25, 0.3) is 5.91 Å². The number of benzene rings is 2. The third kappa shape index (κ3) is 3.93. The normalized spacial score (nSPS) is 16.6. The molecule has 0 radical (unpaired) electrons. The van der Waals surface area contributed by atoms with Gasteiger partial charge in [0, 0.05) is 18.7 Å². The Morgan fingerprint density at radius 1 is 1.30 bits per heavy atom. The third-order valence-corrected chi connectivity index (χ3v) is 4.78. The summed E-state index contributed by atoms with van der Waals surface area (Å²) in [7, 11) is 1.65. The van der Waals surface area contributed by atoms with Crippen LogP contribution in [0.5, 0.6) is 5.75 Å². The van der Waals surface area contributed by atoms with Crippen LogP contribution in [-0.4, -0.2) is 47.3 Å². The minimum absolute atomic E-state index is 0.114. The second-order valence-corrected chi connectivity index (χ2v) is 6.64. The fourth-order valence-electron chi connectivity index (χ4n) is 3.25. The smallest absolute Gasteiger partial charge is 0.251 e. The maximum atomic E-state index is 12.4. The fourth-order valence-corrected chi connectivity index (χ4v) is 3.25. The molecule has 1 aliphatic heterocycles. The maximum absolute atomic E-state index is 12.4. The number of ether oxygens (including phenoxy) is 2. The monoisotopic (exact) mass is 366 g/mol. The Labute approximate surface area is 157 Å². The van der Waals surface area contributed by atoms with Crippen molar-refractivity contribution in [2.75, 3.05) is 20.3 Å². The van der Waals surface area contributed by atoms with Gasteiger partial charge in [0.1, 0.15) is 11.3 Å². The van der Waals surface area contributed by atoms with E-state index in [-0.39, 0.29) is 12.0 Å². The van der Waals surface area contributed by atoms with Crippen LogP contribution in [0.15, 0.2) is 42.5 Å². The predicted molar refractivity (Wildman–Crippen MR) is 101 cm³/mol. The second kappa shape index (κ2) is 7.75. The summed E-state index contributed by atoms with van der Waals surface area (Å²) in [5.74, 6) is 0.706. The average Bonchev–Trinajstić information content (AvgIpc) is 3.36. The summed E-state index contributed by atoms with van der Waals surface area (Å²) >= 11 is 0. The van der Waals surface area contributed by atoms with Crippen molar-refractivity contribution >= 4 is 16.9 Å². The molecule has 4 rings (SSSR count). The van der Waals surface area contributed by atoms with Crippen molar-refractivity contribution in [1.29, 1.82) is 0 Å². The quantitative estimate of drug-likeness (QED) is 0.725. The first-order chi connectivity index (χ1) is 13.2. The van der Waals surface area contributed by atoms with Crippen molar-refractivity contribution in [2.24, 2.45) is 0 Å². The van der Waals surface area contributed by atoms with Crippen molar-refractivity contribution < 1.29 is 14.3 Å². The van der Waals surface area contributed by atoms with Crippen LogP contribution in [0, 0.1) is 0 Å². The number of methoxy groups -OCH3 is 1. The molecule has 1 saturated heterocycles. The fraction of sp³-hybridized carbons (Fsp3) is 0.350. The summed E-state index contributed by atoms with van der Waals surface area (Å²) in [5.41, 5.74) is 3.27. The molecule has 0 aliphatic carbocycles. The molecule has 1 amide bonds. The molecule has 2 heterocycles. The minimum atomic E-state index is -0.114. The molecule has 7 heteroatoms. The van der Waals surface area contributed by atoms with E-state index in [0.717, 1.165) is 36.3 Å². The summed E-state index contributed by atoms with van der Waals surface area (Å²) in [6, 6.07) is 13.3. The highest BCUT2D eigenvalue weighted by Gasteiger charge is 2.17. The lowest BCUT2D eigenvalue weighted by molar-refractivity contribution is 0.0858. The Morgan fingerprint density at radius 3 is 2.89 bits per heavy atom. The third-order valence-electron chi connectivity index (χ3n) is 4.78. The number of rotatable bonds is 6. The van der Waals surface area contributed by atoms with Crippen molar-refractivity contribution in [2.45, 2.75) is 25.5 Å². The van der Waals surface area contributed by atoms with E-state index >= 15 is 0 Å². The zero-order valence-corrected chi connectivity index (χ0v) is 15.2. The van der Waals surface area contributed by atoms with Gasteiger partial charge in [-0.2, -0.15) is 0 Å². The highest BCUT2D eigenvalue weighted by Crippen LogP contribution is 2.17. The molecule has 2 aromatic carbocycles. The van der Waals surface area contributed by atoms with Gasteiger partial charge in [-0.3, -0.25) is 4.79 Å². The zero-order valence-electron chi connectivity index (χ0n) is 15.2. The highest BCUT2D eigenvalue weighted by molar-refractivity contribution is 5.97. The van der Waals surface area contributed by atoms with Gasteiger partial charge in [-0.15, -0.1) is 5.10 Å². The summed E-state index contributed by atoms with van der Waals surface area (Å²) < 4.78 is 12.5. The molecule has 1 aromatic heterocycles. The van der Waals surface area contributed by atoms with Crippen LogP contribution in [0.2, 0.25) is 0 Å². The summed E-state index contributed by atoms with van der Waals surface area (Å²) in [4.78, 5) is 12.4. The van der Waals surface area contributed by atoms with Crippen LogP contribution in [0.3, 0.4) is 0 Å². The van der Waals surface area contributed by atoms with E-state index in [1.165, 1.54) is 0 Å². The molecule has 1 fully saturated rings. The lowest BCUT2D eigenvalue weighted by Gasteiger charge is -2.10. The van der Waals surface area contributed by atoms with Gasteiger partial charge in [-0.1, -0.05) is 17.3 Å². The number of nitrogens with one attached hydrogen (secondary N) is 1. The number of amides is 1. The molecule has 27 heavy (non-hydrogen) atoms. The Balaban J connectivity index is 1.46. The standard InChI is InChI=1S/C20H22N4O3/c1-26-16-7-4-14(5-8-16)13-24-19-9-6-15(11-18(19)22-23-24)20(25)21-12-17-3-2-10-27-17/h4-9,11,17H,2-3,10,12-13H2,1H3,(H,21,25)/t17-/m0/s1. The van der Waals surface area contributed by atoms with Crippen molar-refractivity contribution in [1.82, 2.24) is 20.3 Å². The molecule has 7 nitrogen and oxygen atoms in total. The second-order valence-electron chi connectivity index (χ2n) is 6.64. The number of aromatic nitrogens is 3. The predicted octanol–water partition coefficient (Wildman–Crippen LogP) is 2.40. The number of carbonyl (C=O) groups excluding carboxylic acids is 1. The zero-order chi connectivity index (χ0) is 18.6. The SMILES string of the molecule is COc1ccc(Cn2nnc3cc(C(=O)NC[C@@H]4CCCO4)ccc32)cc1. The highest BCUT2D eigenvalue weighted by atomic mass is 16.5. The number of hydrogen-bond donors (Lipinski definition) is 1. The van der Waals surface area contributed by atoms with Crippen LogP contribution >= 0.6 is 0 Å². The first-order valence-electron chi connectivity index (χ1n) is 9.09. The maximum Gasteiger partial charge on any atom is 0.251 e. The molecule has 0 unspecified atom stereocenters. The van der Waals surface area contributed by atoms with E-state index < -0.39 is 0 Å². The van der Waals surface area contributed by atoms with E-state index in [2.05, 4.69) is 15.6 Å². The topological polar surface area (TPSA) is 78.3 Å². The lowest BCUT2D eigenvalue weighted by Crippen LogP contribution is -2.31. The van der Waals surface area contributed by atoms with Crippen LogP contribution in [0.25, 0.3) is 11.0 Å². The van der Waals surface area contributed by atoms with E-state index in [1.54, 1.807) is 19.2 Å². The molecule has 0 spiro atoms. The first kappa shape index (κ1) is 17.5. The molecule has 3 aromatic rings. The van der Waals surface area contributed by atoms with Gasteiger partial charge >= 0.3 is 0 Å². The Kier molecular flexibility index (Phi) is 5.02. The van der Waals surface area contributed by atoms with Crippen molar-refractivity contribution in [3.05, 3.63) is 53.6 Å². The summed E-state index contributed by atoms with van der Waals surface area (Å²) in [5, 5.41) is 11.4. The van der Waals surface area contributed by atoms with Crippen LogP contribution in [-0.2, 0) is 11.3 Å². The summed E-state index contributed by atoms with van der Waals surface area (Å²) in [6.07, 6.45) is 2.19. The molecular formula is C20H22N4O3.